The van der Waals surface area contributed by atoms with E-state index >= 15 is 0 Å². The van der Waals surface area contributed by atoms with Crippen molar-refractivity contribution in [1.82, 2.24) is 0 Å². The Morgan fingerprint density at radius 3 is 2.00 bits per heavy atom. The Labute approximate surface area is 155 Å². The lowest BCUT2D eigenvalue weighted by atomic mass is 10.2. The van der Waals surface area contributed by atoms with Gasteiger partial charge < -0.3 is 5.11 Å². The number of carboxylic acids is 1. The van der Waals surface area contributed by atoms with Crippen molar-refractivity contribution in [2.75, 3.05) is 5.01 Å². The fraction of sp³-hybridized carbons (Fsp3) is 0.167. The molecule has 25 heavy (non-hydrogen) atoms. The molecule has 0 aromatic heterocycles. The van der Waals surface area contributed by atoms with Crippen molar-refractivity contribution < 1.29 is 14.7 Å². The first-order chi connectivity index (χ1) is 11.9. The number of halogens is 2. The van der Waals surface area contributed by atoms with Crippen molar-refractivity contribution in [3.05, 3.63) is 64.1 Å². The summed E-state index contributed by atoms with van der Waals surface area (Å²) >= 11 is 11.8. The summed E-state index contributed by atoms with van der Waals surface area (Å²) < 4.78 is 0. The number of amides is 1. The number of hydrazone groups is 1. The van der Waals surface area contributed by atoms with E-state index in [0.29, 0.717) is 27.0 Å². The highest BCUT2D eigenvalue weighted by Gasteiger charge is 2.18. The highest BCUT2D eigenvalue weighted by Crippen LogP contribution is 2.22. The number of hydrogen-bond donors (Lipinski definition) is 1. The van der Waals surface area contributed by atoms with Crippen molar-refractivity contribution in [2.24, 2.45) is 5.10 Å². The van der Waals surface area contributed by atoms with Crippen LogP contribution in [0, 0.1) is 0 Å². The largest absolute Gasteiger partial charge is 0.481 e. The van der Waals surface area contributed by atoms with E-state index in [1.54, 1.807) is 55.5 Å². The average Bonchev–Trinajstić information content (AvgIpc) is 2.59. The van der Waals surface area contributed by atoms with Gasteiger partial charge in [0.2, 0.25) is 0 Å². The molecular formula is C18H16Cl2N2O3. The van der Waals surface area contributed by atoms with Gasteiger partial charge in [-0.25, -0.2) is 0 Å². The van der Waals surface area contributed by atoms with Gasteiger partial charge >= 0.3 is 5.97 Å². The summed E-state index contributed by atoms with van der Waals surface area (Å²) in [5.74, 6) is -1.27. The molecule has 5 nitrogen and oxygen atoms in total. The van der Waals surface area contributed by atoms with Crippen molar-refractivity contribution in [3.63, 3.8) is 0 Å². The molecule has 0 unspecified atom stereocenters. The van der Waals surface area contributed by atoms with Crippen LogP contribution in [-0.4, -0.2) is 22.7 Å². The van der Waals surface area contributed by atoms with Crippen LogP contribution in [0.5, 0.6) is 0 Å². The smallest absolute Gasteiger partial charge is 0.303 e. The Balaban J connectivity index is 2.35. The number of aliphatic carboxylic acids is 1. The van der Waals surface area contributed by atoms with Gasteiger partial charge in [-0.2, -0.15) is 10.1 Å². The van der Waals surface area contributed by atoms with E-state index in [0.717, 1.165) is 0 Å². The van der Waals surface area contributed by atoms with Gasteiger partial charge in [-0.3, -0.25) is 9.59 Å². The topological polar surface area (TPSA) is 70.0 Å². The molecule has 0 aliphatic carbocycles. The minimum atomic E-state index is -0.920. The standard InChI is InChI=1S/C18H16Cl2N2O3/c1-12(2-11-17(23)24)21-22(16-9-7-15(20)8-10-16)18(25)13-3-5-14(19)6-4-13/h3-10H,2,11H2,1H3,(H,23,24). The zero-order valence-electron chi connectivity index (χ0n) is 13.4. The summed E-state index contributed by atoms with van der Waals surface area (Å²) in [6, 6.07) is 13.1. The van der Waals surface area contributed by atoms with E-state index in [4.69, 9.17) is 28.3 Å². The third-order valence-electron chi connectivity index (χ3n) is 3.33. The first kappa shape index (κ1) is 19.0. The molecule has 2 aromatic carbocycles. The molecule has 0 saturated heterocycles. The van der Waals surface area contributed by atoms with E-state index in [1.165, 1.54) is 5.01 Å². The van der Waals surface area contributed by atoms with Crippen LogP contribution in [0.4, 0.5) is 5.69 Å². The van der Waals surface area contributed by atoms with E-state index in [2.05, 4.69) is 5.10 Å². The van der Waals surface area contributed by atoms with Crippen LogP contribution in [0.2, 0.25) is 10.0 Å². The predicted molar refractivity (Wildman–Crippen MR) is 99.7 cm³/mol. The summed E-state index contributed by atoms with van der Waals surface area (Å²) in [5.41, 5.74) is 1.47. The van der Waals surface area contributed by atoms with Crippen LogP contribution >= 0.6 is 23.2 Å². The van der Waals surface area contributed by atoms with E-state index in [1.807, 2.05) is 0 Å². The molecule has 0 aliphatic heterocycles. The molecule has 130 valence electrons. The molecule has 1 N–H and O–H groups in total. The van der Waals surface area contributed by atoms with Gasteiger partial charge in [-0.15, -0.1) is 0 Å². The molecule has 0 heterocycles. The maximum Gasteiger partial charge on any atom is 0.303 e. The molecule has 2 aromatic rings. The van der Waals surface area contributed by atoms with Gasteiger partial charge in [0, 0.05) is 21.3 Å². The fourth-order valence-electron chi connectivity index (χ4n) is 2.03. The Morgan fingerprint density at radius 2 is 1.48 bits per heavy atom. The second-order valence-electron chi connectivity index (χ2n) is 5.33. The van der Waals surface area contributed by atoms with Crippen LogP contribution in [0.3, 0.4) is 0 Å². The van der Waals surface area contributed by atoms with Crippen LogP contribution in [0.1, 0.15) is 30.1 Å². The van der Waals surface area contributed by atoms with Gasteiger partial charge in [0.25, 0.3) is 5.91 Å². The number of rotatable bonds is 6. The third kappa shape index (κ3) is 5.59. The molecule has 0 spiro atoms. The second kappa shape index (κ2) is 8.65. The molecule has 2 rings (SSSR count). The number of carbonyl (C=O) groups excluding carboxylic acids is 1. The lowest BCUT2D eigenvalue weighted by Crippen LogP contribution is -2.26. The van der Waals surface area contributed by atoms with Crippen LogP contribution < -0.4 is 5.01 Å². The quantitative estimate of drug-likeness (QED) is 0.574. The maximum absolute atomic E-state index is 12.8. The van der Waals surface area contributed by atoms with Crippen LogP contribution in [0.25, 0.3) is 0 Å². The first-order valence-electron chi connectivity index (χ1n) is 7.48. The molecule has 7 heteroatoms. The minimum absolute atomic E-state index is 0.0566. The highest BCUT2D eigenvalue weighted by atomic mass is 35.5. The average molecular weight is 379 g/mol. The Morgan fingerprint density at radius 1 is 0.960 bits per heavy atom. The Hall–Kier alpha value is -2.37. The zero-order valence-corrected chi connectivity index (χ0v) is 15.0. The lowest BCUT2D eigenvalue weighted by molar-refractivity contribution is -0.136. The van der Waals surface area contributed by atoms with Crippen molar-refractivity contribution in [2.45, 2.75) is 19.8 Å². The summed E-state index contributed by atoms with van der Waals surface area (Å²) in [7, 11) is 0. The van der Waals surface area contributed by atoms with Crippen LogP contribution in [0.15, 0.2) is 53.6 Å². The number of benzene rings is 2. The Kier molecular flexibility index (Phi) is 6.56. The second-order valence-corrected chi connectivity index (χ2v) is 6.20. The lowest BCUT2D eigenvalue weighted by Gasteiger charge is -2.19. The first-order valence-corrected chi connectivity index (χ1v) is 8.24. The van der Waals surface area contributed by atoms with Crippen molar-refractivity contribution >= 4 is 46.5 Å². The SMILES string of the molecule is CC(CCC(=O)O)=NN(C(=O)c1ccc(Cl)cc1)c1ccc(Cl)cc1. The summed E-state index contributed by atoms with van der Waals surface area (Å²) in [6.45, 7) is 1.68. The molecule has 1 amide bonds. The maximum atomic E-state index is 12.8. The molecule has 0 bridgehead atoms. The number of anilines is 1. The summed E-state index contributed by atoms with van der Waals surface area (Å²) in [6.07, 6.45) is 0.187. The van der Waals surface area contributed by atoms with Gasteiger partial charge in [0.1, 0.15) is 0 Å². The number of carbonyl (C=O) groups is 2. The normalized spacial score (nSPS) is 11.2. The van der Waals surface area contributed by atoms with E-state index in [-0.39, 0.29) is 18.7 Å². The molecule has 0 fully saturated rings. The van der Waals surface area contributed by atoms with E-state index < -0.39 is 5.97 Å². The van der Waals surface area contributed by atoms with Gasteiger partial charge in [-0.05, 0) is 61.9 Å². The van der Waals surface area contributed by atoms with Crippen molar-refractivity contribution in [1.29, 1.82) is 0 Å². The summed E-state index contributed by atoms with van der Waals surface area (Å²) in [5, 5.41) is 15.4. The van der Waals surface area contributed by atoms with Gasteiger partial charge in [-0.1, -0.05) is 23.2 Å². The molecule has 0 atom stereocenters. The highest BCUT2D eigenvalue weighted by molar-refractivity contribution is 6.31. The number of carboxylic acid groups (broad SMARTS) is 1. The molecular weight excluding hydrogens is 363 g/mol. The minimum Gasteiger partial charge on any atom is -0.481 e. The van der Waals surface area contributed by atoms with Gasteiger partial charge in [0.15, 0.2) is 0 Å². The fourth-order valence-corrected chi connectivity index (χ4v) is 2.28. The van der Waals surface area contributed by atoms with E-state index in [9.17, 15) is 9.59 Å². The predicted octanol–water partition coefficient (Wildman–Crippen LogP) is 4.88. The van der Waals surface area contributed by atoms with Gasteiger partial charge in [0.05, 0.1) is 12.1 Å². The third-order valence-corrected chi connectivity index (χ3v) is 3.83. The molecule has 0 saturated carbocycles. The molecule has 0 radical (unpaired) electrons. The zero-order chi connectivity index (χ0) is 18.4. The monoisotopic (exact) mass is 378 g/mol. The number of nitrogens with zero attached hydrogens (tertiary/aromatic N) is 2. The molecule has 0 aliphatic rings. The van der Waals surface area contributed by atoms with Crippen LogP contribution in [-0.2, 0) is 4.79 Å². The van der Waals surface area contributed by atoms with Crippen molar-refractivity contribution in [3.8, 4) is 0 Å². The summed E-state index contributed by atoms with van der Waals surface area (Å²) in [4.78, 5) is 23.6. The Bertz CT molecular complexity index is 787. The number of hydrogen-bond acceptors (Lipinski definition) is 3.